The van der Waals surface area contributed by atoms with E-state index < -0.39 is 0 Å². The largest absolute Gasteiger partial charge is 0.312 e. The molecular formula is C11H20IN3. The number of rotatable bonds is 4. The zero-order valence-electron chi connectivity index (χ0n) is 9.92. The van der Waals surface area contributed by atoms with Crippen molar-refractivity contribution in [3.05, 3.63) is 16.0 Å². The SMILES string of the molecule is CC(CCNC(C)(C)C)n1cc(I)cn1. The molecular weight excluding hydrogens is 301 g/mol. The van der Waals surface area contributed by atoms with Crippen LogP contribution in [0.2, 0.25) is 0 Å². The lowest BCUT2D eigenvalue weighted by atomic mass is 10.1. The summed E-state index contributed by atoms with van der Waals surface area (Å²) in [5.41, 5.74) is 0.207. The van der Waals surface area contributed by atoms with E-state index >= 15 is 0 Å². The van der Waals surface area contributed by atoms with Gasteiger partial charge in [-0.05, 0) is 63.3 Å². The summed E-state index contributed by atoms with van der Waals surface area (Å²) in [5, 5.41) is 7.80. The smallest absolute Gasteiger partial charge is 0.0623 e. The van der Waals surface area contributed by atoms with Gasteiger partial charge in [0.1, 0.15) is 0 Å². The Labute approximate surface area is 106 Å². The highest BCUT2D eigenvalue weighted by atomic mass is 127. The molecule has 1 N–H and O–H groups in total. The van der Waals surface area contributed by atoms with Crippen LogP contribution in [0.5, 0.6) is 0 Å². The molecule has 0 aliphatic heterocycles. The molecule has 0 fully saturated rings. The molecule has 1 atom stereocenters. The topological polar surface area (TPSA) is 29.9 Å². The standard InChI is InChI=1S/C11H20IN3/c1-9(5-6-13-11(2,3)4)15-8-10(12)7-14-15/h7-9,13H,5-6H2,1-4H3. The Balaban J connectivity index is 2.34. The van der Waals surface area contributed by atoms with Crippen molar-refractivity contribution in [2.75, 3.05) is 6.54 Å². The molecule has 0 radical (unpaired) electrons. The van der Waals surface area contributed by atoms with Crippen molar-refractivity contribution in [2.45, 2.75) is 45.7 Å². The van der Waals surface area contributed by atoms with Crippen molar-refractivity contribution in [2.24, 2.45) is 0 Å². The van der Waals surface area contributed by atoms with Crippen molar-refractivity contribution in [1.29, 1.82) is 0 Å². The molecule has 0 bridgehead atoms. The summed E-state index contributed by atoms with van der Waals surface area (Å²) in [4.78, 5) is 0. The molecule has 0 amide bonds. The van der Waals surface area contributed by atoms with E-state index in [1.54, 1.807) is 0 Å². The van der Waals surface area contributed by atoms with Crippen LogP contribution in [0.15, 0.2) is 12.4 Å². The highest BCUT2D eigenvalue weighted by Gasteiger charge is 2.10. The average Bonchev–Trinajstić information content (AvgIpc) is 2.49. The number of nitrogens with zero attached hydrogens (tertiary/aromatic N) is 2. The third-order valence-electron chi connectivity index (χ3n) is 2.24. The molecule has 1 rings (SSSR count). The van der Waals surface area contributed by atoms with Crippen molar-refractivity contribution in [3.8, 4) is 0 Å². The van der Waals surface area contributed by atoms with Crippen LogP contribution in [0.25, 0.3) is 0 Å². The summed E-state index contributed by atoms with van der Waals surface area (Å²) in [7, 11) is 0. The Kier molecular flexibility index (Phi) is 4.58. The minimum absolute atomic E-state index is 0.207. The summed E-state index contributed by atoms with van der Waals surface area (Å²) in [6.07, 6.45) is 5.09. The van der Waals surface area contributed by atoms with Gasteiger partial charge in [0.25, 0.3) is 0 Å². The molecule has 4 heteroatoms. The fourth-order valence-corrected chi connectivity index (χ4v) is 1.75. The summed E-state index contributed by atoms with van der Waals surface area (Å²) in [6, 6.07) is 0.461. The average molecular weight is 321 g/mol. The first-order valence-electron chi connectivity index (χ1n) is 5.33. The van der Waals surface area contributed by atoms with E-state index in [0.717, 1.165) is 13.0 Å². The Morgan fingerprint density at radius 3 is 2.67 bits per heavy atom. The van der Waals surface area contributed by atoms with Gasteiger partial charge in [-0.25, -0.2) is 0 Å². The van der Waals surface area contributed by atoms with Gasteiger partial charge in [-0.2, -0.15) is 5.10 Å². The van der Waals surface area contributed by atoms with Gasteiger partial charge in [0.05, 0.1) is 15.8 Å². The predicted molar refractivity (Wildman–Crippen MR) is 72.0 cm³/mol. The maximum atomic E-state index is 4.31. The lowest BCUT2D eigenvalue weighted by Gasteiger charge is -2.22. The monoisotopic (exact) mass is 321 g/mol. The van der Waals surface area contributed by atoms with Crippen LogP contribution in [0.3, 0.4) is 0 Å². The summed E-state index contributed by atoms with van der Waals surface area (Å²) >= 11 is 2.29. The summed E-state index contributed by atoms with van der Waals surface area (Å²) < 4.78 is 3.23. The normalized spacial score (nSPS) is 14.2. The zero-order valence-corrected chi connectivity index (χ0v) is 12.1. The maximum Gasteiger partial charge on any atom is 0.0623 e. The van der Waals surface area contributed by atoms with Gasteiger partial charge < -0.3 is 5.32 Å². The van der Waals surface area contributed by atoms with Gasteiger partial charge in [0, 0.05) is 11.7 Å². The van der Waals surface area contributed by atoms with Gasteiger partial charge in [0.15, 0.2) is 0 Å². The molecule has 86 valence electrons. The molecule has 0 aliphatic carbocycles. The molecule has 15 heavy (non-hydrogen) atoms. The van der Waals surface area contributed by atoms with E-state index in [-0.39, 0.29) is 5.54 Å². The fraction of sp³-hybridized carbons (Fsp3) is 0.727. The van der Waals surface area contributed by atoms with E-state index in [1.165, 1.54) is 3.57 Å². The van der Waals surface area contributed by atoms with Gasteiger partial charge in [-0.3, -0.25) is 4.68 Å². The van der Waals surface area contributed by atoms with Crippen molar-refractivity contribution in [3.63, 3.8) is 0 Å². The highest BCUT2D eigenvalue weighted by Crippen LogP contribution is 2.11. The Hall–Kier alpha value is -0.100. The number of hydrogen-bond acceptors (Lipinski definition) is 2. The summed E-state index contributed by atoms with van der Waals surface area (Å²) in [6.45, 7) is 9.80. The zero-order chi connectivity index (χ0) is 11.5. The van der Waals surface area contributed by atoms with E-state index in [9.17, 15) is 0 Å². The van der Waals surface area contributed by atoms with Crippen molar-refractivity contribution in [1.82, 2.24) is 15.1 Å². The van der Waals surface area contributed by atoms with Gasteiger partial charge in [-0.15, -0.1) is 0 Å². The van der Waals surface area contributed by atoms with Crippen LogP contribution >= 0.6 is 22.6 Å². The van der Waals surface area contributed by atoms with Crippen LogP contribution < -0.4 is 5.32 Å². The van der Waals surface area contributed by atoms with Crippen LogP contribution in [0.1, 0.15) is 40.2 Å². The van der Waals surface area contributed by atoms with Crippen LogP contribution in [0, 0.1) is 3.57 Å². The Morgan fingerprint density at radius 1 is 1.53 bits per heavy atom. The minimum Gasteiger partial charge on any atom is -0.312 e. The van der Waals surface area contributed by atoms with Crippen LogP contribution in [-0.2, 0) is 0 Å². The van der Waals surface area contributed by atoms with Gasteiger partial charge >= 0.3 is 0 Å². The number of aromatic nitrogens is 2. The maximum absolute atomic E-state index is 4.31. The lowest BCUT2D eigenvalue weighted by Crippen LogP contribution is -2.37. The molecule has 0 spiro atoms. The Bertz CT molecular complexity index is 301. The van der Waals surface area contributed by atoms with E-state index in [4.69, 9.17) is 0 Å². The third-order valence-corrected chi connectivity index (χ3v) is 2.80. The van der Waals surface area contributed by atoms with Crippen molar-refractivity contribution >= 4 is 22.6 Å². The second kappa shape index (κ2) is 5.30. The Morgan fingerprint density at radius 2 is 2.20 bits per heavy atom. The minimum atomic E-state index is 0.207. The fourth-order valence-electron chi connectivity index (χ4n) is 1.34. The van der Waals surface area contributed by atoms with E-state index in [1.807, 2.05) is 10.9 Å². The van der Waals surface area contributed by atoms with Gasteiger partial charge in [0.2, 0.25) is 0 Å². The first kappa shape index (κ1) is 13.0. The molecule has 0 aromatic carbocycles. The molecule has 1 heterocycles. The third kappa shape index (κ3) is 4.97. The molecule has 0 saturated heterocycles. The lowest BCUT2D eigenvalue weighted by molar-refractivity contribution is 0.380. The molecule has 0 saturated carbocycles. The number of halogens is 1. The summed E-state index contributed by atoms with van der Waals surface area (Å²) in [5.74, 6) is 0. The molecule has 1 aromatic rings. The quantitative estimate of drug-likeness (QED) is 0.864. The second-order valence-corrected chi connectivity index (χ2v) is 6.20. The molecule has 1 aromatic heterocycles. The molecule has 1 unspecified atom stereocenters. The van der Waals surface area contributed by atoms with Crippen LogP contribution in [-0.4, -0.2) is 21.9 Å². The van der Waals surface area contributed by atoms with E-state index in [0.29, 0.717) is 6.04 Å². The molecule has 0 aliphatic rings. The number of nitrogens with one attached hydrogen (secondary N) is 1. The van der Waals surface area contributed by atoms with Crippen molar-refractivity contribution < 1.29 is 0 Å². The highest BCUT2D eigenvalue weighted by molar-refractivity contribution is 14.1. The first-order valence-corrected chi connectivity index (χ1v) is 6.41. The predicted octanol–water partition coefficient (Wildman–Crippen LogP) is 2.83. The molecule has 3 nitrogen and oxygen atoms in total. The number of hydrogen-bond donors (Lipinski definition) is 1. The van der Waals surface area contributed by atoms with Crippen LogP contribution in [0.4, 0.5) is 0 Å². The second-order valence-electron chi connectivity index (χ2n) is 4.95. The van der Waals surface area contributed by atoms with E-state index in [2.05, 4.69) is 66.9 Å². The van der Waals surface area contributed by atoms with Gasteiger partial charge in [-0.1, -0.05) is 0 Å². The first-order chi connectivity index (χ1) is 6.88.